The second-order valence-corrected chi connectivity index (χ2v) is 7.31. The first-order valence-corrected chi connectivity index (χ1v) is 7.87. The molecule has 0 aliphatic heterocycles. The Balaban J connectivity index is 3.67. The number of hydrogen-bond donors (Lipinski definition) is 4. The van der Waals surface area contributed by atoms with Crippen LogP contribution in [0.4, 0.5) is 0 Å². The van der Waals surface area contributed by atoms with Gasteiger partial charge < -0.3 is 20.8 Å². The fourth-order valence-electron chi connectivity index (χ4n) is 1.75. The van der Waals surface area contributed by atoms with E-state index in [1.807, 2.05) is 13.8 Å². The summed E-state index contributed by atoms with van der Waals surface area (Å²) in [5.74, 6) is -0.769. The summed E-state index contributed by atoms with van der Waals surface area (Å²) < 4.78 is 0. The van der Waals surface area contributed by atoms with Crippen LogP contribution in [-0.4, -0.2) is 41.0 Å². The van der Waals surface area contributed by atoms with E-state index in [4.69, 9.17) is 22.4 Å². The second kappa shape index (κ2) is 9.20. The molecule has 0 rings (SSSR count). The molecule has 0 heterocycles. The van der Waals surface area contributed by atoms with Gasteiger partial charge in [0, 0.05) is 19.7 Å². The van der Waals surface area contributed by atoms with Gasteiger partial charge >= 0.3 is 5.97 Å². The first-order chi connectivity index (χ1) is 9.60. The molecule has 0 aromatic carbocycles. The molecule has 0 fully saturated rings. The van der Waals surface area contributed by atoms with Crippen LogP contribution < -0.4 is 10.6 Å². The summed E-state index contributed by atoms with van der Waals surface area (Å²) in [6, 6.07) is 0. The number of carbonyl (C=O) groups is 1. The van der Waals surface area contributed by atoms with Crippen molar-refractivity contribution in [2.45, 2.75) is 53.4 Å². The molecule has 0 aliphatic carbocycles. The van der Waals surface area contributed by atoms with Crippen molar-refractivity contribution in [1.29, 1.82) is 0 Å². The Morgan fingerprint density at radius 3 is 1.95 bits per heavy atom. The smallest absolute Gasteiger partial charge is 0.309 e. The first kappa shape index (κ1) is 20.1. The zero-order chi connectivity index (χ0) is 16.5. The molecule has 6 heteroatoms. The summed E-state index contributed by atoms with van der Waals surface area (Å²) in [6.45, 7) is 9.17. The maximum absolute atomic E-state index is 11.0. The summed E-state index contributed by atoms with van der Waals surface area (Å²) in [6.07, 6.45) is 3.26. The predicted molar refractivity (Wildman–Crippen MR) is 89.4 cm³/mol. The molecular formula is C15H30N2O3S. The van der Waals surface area contributed by atoms with E-state index in [0.717, 1.165) is 25.8 Å². The number of aliphatic carboxylic acids is 1. The van der Waals surface area contributed by atoms with Gasteiger partial charge in [0.1, 0.15) is 0 Å². The van der Waals surface area contributed by atoms with Crippen LogP contribution in [0.5, 0.6) is 0 Å². The minimum Gasteiger partial charge on any atom is -0.481 e. The van der Waals surface area contributed by atoms with Crippen molar-refractivity contribution in [2.75, 3.05) is 19.7 Å². The number of carboxylic acid groups (broad SMARTS) is 1. The van der Waals surface area contributed by atoms with Crippen LogP contribution in [0.1, 0.15) is 53.4 Å². The van der Waals surface area contributed by atoms with E-state index in [2.05, 4.69) is 10.6 Å². The minimum absolute atomic E-state index is 0.0425. The fraction of sp³-hybridized carbons (Fsp3) is 0.867. The van der Waals surface area contributed by atoms with Gasteiger partial charge in [0.2, 0.25) is 0 Å². The molecule has 0 saturated carbocycles. The number of aliphatic hydroxyl groups is 1. The molecule has 0 aliphatic rings. The lowest BCUT2D eigenvalue weighted by Crippen LogP contribution is -2.37. The van der Waals surface area contributed by atoms with Crippen molar-refractivity contribution in [1.82, 2.24) is 10.6 Å². The molecule has 124 valence electrons. The third-order valence-electron chi connectivity index (χ3n) is 3.59. The van der Waals surface area contributed by atoms with Crippen LogP contribution >= 0.6 is 12.2 Å². The Labute approximate surface area is 133 Å². The standard InChI is InChI=1S/C15H30N2O3S/c1-14(2,11-18)7-5-9-16-13(21)17-10-6-8-15(3,4)12(19)20/h18H,5-11H2,1-4H3,(H,19,20)(H2,16,17,21). The van der Waals surface area contributed by atoms with Gasteiger partial charge in [-0.2, -0.15) is 0 Å². The monoisotopic (exact) mass is 318 g/mol. The molecule has 0 aromatic heterocycles. The van der Waals surface area contributed by atoms with Crippen molar-refractivity contribution >= 4 is 23.3 Å². The average Bonchev–Trinajstić information content (AvgIpc) is 2.39. The molecular weight excluding hydrogens is 288 g/mol. The third-order valence-corrected chi connectivity index (χ3v) is 3.88. The molecule has 21 heavy (non-hydrogen) atoms. The zero-order valence-corrected chi connectivity index (χ0v) is 14.5. The van der Waals surface area contributed by atoms with Crippen molar-refractivity contribution in [3.63, 3.8) is 0 Å². The molecule has 0 amide bonds. The number of thiocarbonyl (C=S) groups is 1. The van der Waals surface area contributed by atoms with Gasteiger partial charge in [0.05, 0.1) is 5.41 Å². The summed E-state index contributed by atoms with van der Waals surface area (Å²) in [7, 11) is 0. The maximum Gasteiger partial charge on any atom is 0.309 e. The maximum atomic E-state index is 11.0. The van der Waals surface area contributed by atoms with Crippen LogP contribution in [0, 0.1) is 10.8 Å². The quantitative estimate of drug-likeness (QED) is 0.365. The number of hydrogen-bond acceptors (Lipinski definition) is 3. The normalized spacial score (nSPS) is 12.0. The molecule has 0 atom stereocenters. The Hall–Kier alpha value is -0.880. The van der Waals surface area contributed by atoms with E-state index in [0.29, 0.717) is 18.1 Å². The van der Waals surface area contributed by atoms with E-state index in [9.17, 15) is 4.79 Å². The number of carboxylic acids is 1. The summed E-state index contributed by atoms with van der Waals surface area (Å²) in [5, 5.41) is 25.0. The first-order valence-electron chi connectivity index (χ1n) is 7.47. The second-order valence-electron chi connectivity index (χ2n) is 6.90. The molecule has 0 spiro atoms. The van der Waals surface area contributed by atoms with E-state index < -0.39 is 11.4 Å². The highest BCUT2D eigenvalue weighted by atomic mass is 32.1. The van der Waals surface area contributed by atoms with Crippen LogP contribution in [0.15, 0.2) is 0 Å². The van der Waals surface area contributed by atoms with Gasteiger partial charge in [0.25, 0.3) is 0 Å². The van der Waals surface area contributed by atoms with Gasteiger partial charge in [-0.3, -0.25) is 4.79 Å². The predicted octanol–water partition coefficient (Wildman–Crippen LogP) is 2.14. The SMILES string of the molecule is CC(C)(CO)CCCNC(=S)NCCCC(C)(C)C(=O)O. The van der Waals surface area contributed by atoms with Gasteiger partial charge in [0.15, 0.2) is 5.11 Å². The highest BCUT2D eigenvalue weighted by Gasteiger charge is 2.26. The Morgan fingerprint density at radius 1 is 1.05 bits per heavy atom. The van der Waals surface area contributed by atoms with Crippen LogP contribution in [-0.2, 0) is 4.79 Å². The Kier molecular flexibility index (Phi) is 8.82. The molecule has 5 nitrogen and oxygen atoms in total. The van der Waals surface area contributed by atoms with Gasteiger partial charge in [-0.15, -0.1) is 0 Å². The van der Waals surface area contributed by atoms with Crippen LogP contribution in [0.3, 0.4) is 0 Å². The highest BCUT2D eigenvalue weighted by molar-refractivity contribution is 7.80. The van der Waals surface area contributed by atoms with Crippen molar-refractivity contribution in [3.8, 4) is 0 Å². The van der Waals surface area contributed by atoms with Gasteiger partial charge in [-0.1, -0.05) is 13.8 Å². The Morgan fingerprint density at radius 2 is 1.52 bits per heavy atom. The largest absolute Gasteiger partial charge is 0.481 e. The average molecular weight is 318 g/mol. The zero-order valence-electron chi connectivity index (χ0n) is 13.7. The lowest BCUT2D eigenvalue weighted by molar-refractivity contribution is -0.147. The van der Waals surface area contributed by atoms with E-state index in [1.54, 1.807) is 13.8 Å². The lowest BCUT2D eigenvalue weighted by atomic mass is 9.88. The van der Waals surface area contributed by atoms with Gasteiger partial charge in [-0.05, 0) is 57.2 Å². The van der Waals surface area contributed by atoms with E-state index in [-0.39, 0.29) is 12.0 Å². The molecule has 0 radical (unpaired) electrons. The van der Waals surface area contributed by atoms with Crippen molar-refractivity contribution in [3.05, 3.63) is 0 Å². The summed E-state index contributed by atoms with van der Waals surface area (Å²) >= 11 is 5.16. The Bertz CT molecular complexity index is 344. The number of nitrogens with one attached hydrogen (secondary N) is 2. The van der Waals surface area contributed by atoms with Gasteiger partial charge in [-0.25, -0.2) is 0 Å². The van der Waals surface area contributed by atoms with Crippen LogP contribution in [0.2, 0.25) is 0 Å². The summed E-state index contributed by atoms with van der Waals surface area (Å²) in [4.78, 5) is 11.0. The highest BCUT2D eigenvalue weighted by Crippen LogP contribution is 2.22. The molecule has 4 N–H and O–H groups in total. The number of aliphatic hydroxyl groups excluding tert-OH is 1. The van der Waals surface area contributed by atoms with E-state index in [1.165, 1.54) is 0 Å². The topological polar surface area (TPSA) is 81.6 Å². The molecule has 0 bridgehead atoms. The molecule has 0 aromatic rings. The third kappa shape index (κ3) is 9.63. The number of rotatable bonds is 10. The summed E-state index contributed by atoms with van der Waals surface area (Å²) in [5.41, 5.74) is -0.730. The van der Waals surface area contributed by atoms with Crippen LogP contribution in [0.25, 0.3) is 0 Å². The lowest BCUT2D eigenvalue weighted by Gasteiger charge is -2.21. The van der Waals surface area contributed by atoms with Crippen molar-refractivity contribution < 1.29 is 15.0 Å². The van der Waals surface area contributed by atoms with E-state index >= 15 is 0 Å². The molecule has 0 saturated heterocycles. The minimum atomic E-state index is -0.769. The van der Waals surface area contributed by atoms with Crippen molar-refractivity contribution in [2.24, 2.45) is 10.8 Å². The fourth-order valence-corrected chi connectivity index (χ4v) is 1.95. The molecule has 0 unspecified atom stereocenters.